The van der Waals surface area contributed by atoms with E-state index in [1.807, 2.05) is 6.92 Å². The van der Waals surface area contributed by atoms with E-state index >= 15 is 0 Å². The van der Waals surface area contributed by atoms with Crippen LogP contribution in [0.4, 0.5) is 5.69 Å². The van der Waals surface area contributed by atoms with Crippen LogP contribution in [0.15, 0.2) is 18.2 Å². The van der Waals surface area contributed by atoms with E-state index in [4.69, 9.17) is 9.84 Å². The Morgan fingerprint density at radius 1 is 1.50 bits per heavy atom. The second-order valence-electron chi connectivity index (χ2n) is 4.39. The number of aliphatic carboxylic acids is 1. The van der Waals surface area contributed by atoms with Crippen molar-refractivity contribution in [2.45, 2.75) is 38.9 Å². The van der Waals surface area contributed by atoms with Gasteiger partial charge in [-0.3, -0.25) is 10.1 Å². The third-order valence-electron chi connectivity index (χ3n) is 2.75. The van der Waals surface area contributed by atoms with Crippen molar-refractivity contribution in [3.8, 4) is 5.75 Å². The number of nitro groups is 1. The lowest BCUT2D eigenvalue weighted by Crippen LogP contribution is -2.27. The van der Waals surface area contributed by atoms with E-state index in [1.54, 1.807) is 0 Å². The minimum atomic E-state index is -1.11. The molecule has 7 heteroatoms. The first-order chi connectivity index (χ1) is 9.36. The van der Waals surface area contributed by atoms with Crippen molar-refractivity contribution in [2.75, 3.05) is 0 Å². The van der Waals surface area contributed by atoms with Crippen molar-refractivity contribution < 1.29 is 24.7 Å². The van der Waals surface area contributed by atoms with E-state index in [0.717, 1.165) is 0 Å². The zero-order chi connectivity index (χ0) is 15.3. The monoisotopic (exact) mass is 283 g/mol. The predicted molar refractivity (Wildman–Crippen MR) is 70.7 cm³/mol. The number of aliphatic hydroxyl groups excluding tert-OH is 1. The van der Waals surface area contributed by atoms with E-state index in [9.17, 15) is 20.0 Å². The van der Waals surface area contributed by atoms with Crippen LogP contribution < -0.4 is 4.74 Å². The van der Waals surface area contributed by atoms with Crippen LogP contribution in [0, 0.1) is 10.1 Å². The molecule has 0 bridgehead atoms. The summed E-state index contributed by atoms with van der Waals surface area (Å²) in [6.45, 7) is 3.26. The summed E-state index contributed by atoms with van der Waals surface area (Å²) < 4.78 is 5.36. The summed E-state index contributed by atoms with van der Waals surface area (Å²) >= 11 is 0. The standard InChI is InChI=1S/C13H17NO6/c1-3-4-12(13(16)17)20-11-6-5-9(14(18)19)7-10(11)8(2)15/h5-8,12,15H,3-4H2,1-2H3,(H,16,17)/t8-,12?/m1/s1. The minimum Gasteiger partial charge on any atom is -0.479 e. The molecule has 0 fully saturated rings. The molecule has 0 radical (unpaired) electrons. The summed E-state index contributed by atoms with van der Waals surface area (Å²) in [5.41, 5.74) is 0.0113. The summed E-state index contributed by atoms with van der Waals surface area (Å²) in [4.78, 5) is 21.2. The van der Waals surface area contributed by atoms with Gasteiger partial charge in [-0.1, -0.05) is 13.3 Å². The van der Waals surface area contributed by atoms with Gasteiger partial charge in [0.05, 0.1) is 11.0 Å². The van der Waals surface area contributed by atoms with E-state index in [0.29, 0.717) is 12.8 Å². The van der Waals surface area contributed by atoms with Crippen LogP contribution in [0.5, 0.6) is 5.75 Å². The molecule has 0 saturated heterocycles. The predicted octanol–water partition coefficient (Wildman–Crippen LogP) is 2.28. The number of nitro benzene ring substituents is 1. The number of carboxylic acid groups (broad SMARTS) is 1. The van der Waals surface area contributed by atoms with Crippen molar-refractivity contribution in [3.63, 3.8) is 0 Å². The molecule has 2 atom stereocenters. The van der Waals surface area contributed by atoms with E-state index in [-0.39, 0.29) is 17.0 Å². The summed E-state index contributed by atoms with van der Waals surface area (Å²) in [6.07, 6.45) is -1.11. The van der Waals surface area contributed by atoms with Crippen LogP contribution in [0.1, 0.15) is 38.4 Å². The van der Waals surface area contributed by atoms with Gasteiger partial charge >= 0.3 is 5.97 Å². The molecule has 1 rings (SSSR count). The minimum absolute atomic E-state index is 0.145. The Hall–Kier alpha value is -2.15. The largest absolute Gasteiger partial charge is 0.479 e. The summed E-state index contributed by atoms with van der Waals surface area (Å²) in [5, 5.41) is 29.4. The lowest BCUT2D eigenvalue weighted by atomic mass is 10.1. The number of rotatable bonds is 7. The number of hydrogen-bond donors (Lipinski definition) is 2. The molecule has 0 heterocycles. The Morgan fingerprint density at radius 3 is 2.60 bits per heavy atom. The second-order valence-corrected chi connectivity index (χ2v) is 4.39. The number of hydrogen-bond acceptors (Lipinski definition) is 5. The molecule has 0 aliphatic rings. The first kappa shape index (κ1) is 15.9. The maximum Gasteiger partial charge on any atom is 0.344 e. The molecule has 2 N–H and O–H groups in total. The lowest BCUT2D eigenvalue weighted by molar-refractivity contribution is -0.385. The molecule has 1 aromatic carbocycles. The summed E-state index contributed by atoms with van der Waals surface area (Å²) in [6, 6.07) is 3.71. The fraction of sp³-hybridized carbons (Fsp3) is 0.462. The Kier molecular flexibility index (Phi) is 5.45. The number of ether oxygens (including phenoxy) is 1. The van der Waals surface area contributed by atoms with Crippen LogP contribution in [-0.2, 0) is 4.79 Å². The average molecular weight is 283 g/mol. The number of benzene rings is 1. The zero-order valence-electron chi connectivity index (χ0n) is 11.3. The van der Waals surface area contributed by atoms with E-state index in [2.05, 4.69) is 0 Å². The smallest absolute Gasteiger partial charge is 0.344 e. The Labute approximate surface area is 116 Å². The van der Waals surface area contributed by atoms with Gasteiger partial charge in [0, 0.05) is 17.7 Å². The van der Waals surface area contributed by atoms with E-state index < -0.39 is 23.1 Å². The molecule has 20 heavy (non-hydrogen) atoms. The number of non-ortho nitro benzene ring substituents is 1. The molecule has 0 aliphatic carbocycles. The highest BCUT2D eigenvalue weighted by atomic mass is 16.6. The molecule has 0 spiro atoms. The fourth-order valence-corrected chi connectivity index (χ4v) is 1.73. The maximum absolute atomic E-state index is 11.1. The Morgan fingerprint density at radius 2 is 2.15 bits per heavy atom. The van der Waals surface area contributed by atoms with Gasteiger partial charge in [0.2, 0.25) is 0 Å². The molecule has 0 amide bonds. The normalized spacial score (nSPS) is 13.6. The van der Waals surface area contributed by atoms with Crippen molar-refractivity contribution >= 4 is 11.7 Å². The molecular weight excluding hydrogens is 266 g/mol. The first-order valence-electron chi connectivity index (χ1n) is 6.22. The lowest BCUT2D eigenvalue weighted by Gasteiger charge is -2.18. The van der Waals surface area contributed by atoms with Crippen molar-refractivity contribution in [3.05, 3.63) is 33.9 Å². The highest BCUT2D eigenvalue weighted by Crippen LogP contribution is 2.30. The van der Waals surface area contributed by atoms with Crippen molar-refractivity contribution in [2.24, 2.45) is 0 Å². The second kappa shape index (κ2) is 6.85. The summed E-state index contributed by atoms with van der Waals surface area (Å²) in [5.74, 6) is -0.965. The SMILES string of the molecule is CCCC(Oc1ccc([N+](=O)[O-])cc1[C@@H](C)O)C(=O)O. The van der Waals surface area contributed by atoms with Gasteiger partial charge in [-0.15, -0.1) is 0 Å². The maximum atomic E-state index is 11.1. The molecule has 0 saturated carbocycles. The average Bonchev–Trinajstić information content (AvgIpc) is 2.37. The topological polar surface area (TPSA) is 110 Å². The molecule has 1 unspecified atom stereocenters. The fourth-order valence-electron chi connectivity index (χ4n) is 1.73. The van der Waals surface area contributed by atoms with Gasteiger partial charge in [0.1, 0.15) is 5.75 Å². The molecule has 7 nitrogen and oxygen atoms in total. The number of carboxylic acids is 1. The third kappa shape index (κ3) is 3.92. The molecule has 0 aromatic heterocycles. The highest BCUT2D eigenvalue weighted by molar-refractivity contribution is 5.72. The number of nitrogens with zero attached hydrogens (tertiary/aromatic N) is 1. The molecule has 1 aromatic rings. The van der Waals surface area contributed by atoms with Crippen LogP contribution in [0.3, 0.4) is 0 Å². The Balaban J connectivity index is 3.10. The van der Waals surface area contributed by atoms with Crippen LogP contribution >= 0.6 is 0 Å². The Bertz CT molecular complexity index is 500. The quantitative estimate of drug-likeness (QED) is 0.586. The zero-order valence-corrected chi connectivity index (χ0v) is 11.3. The van der Waals surface area contributed by atoms with Crippen molar-refractivity contribution in [1.29, 1.82) is 0 Å². The van der Waals surface area contributed by atoms with Crippen LogP contribution in [0.25, 0.3) is 0 Å². The van der Waals surface area contributed by atoms with Gasteiger partial charge in [-0.2, -0.15) is 0 Å². The van der Waals surface area contributed by atoms with Crippen LogP contribution in [0.2, 0.25) is 0 Å². The van der Waals surface area contributed by atoms with Gasteiger partial charge in [-0.25, -0.2) is 4.79 Å². The van der Waals surface area contributed by atoms with Gasteiger partial charge in [0.25, 0.3) is 5.69 Å². The first-order valence-corrected chi connectivity index (χ1v) is 6.22. The van der Waals surface area contributed by atoms with Crippen LogP contribution in [-0.4, -0.2) is 27.2 Å². The van der Waals surface area contributed by atoms with Crippen molar-refractivity contribution in [1.82, 2.24) is 0 Å². The van der Waals surface area contributed by atoms with Gasteiger partial charge in [0.15, 0.2) is 6.10 Å². The summed E-state index contributed by atoms with van der Waals surface area (Å²) in [7, 11) is 0. The molecule has 110 valence electrons. The number of carbonyl (C=O) groups is 1. The van der Waals surface area contributed by atoms with Gasteiger partial charge in [-0.05, 0) is 19.4 Å². The molecular formula is C13H17NO6. The number of aliphatic hydroxyl groups is 1. The van der Waals surface area contributed by atoms with Gasteiger partial charge < -0.3 is 14.9 Å². The third-order valence-corrected chi connectivity index (χ3v) is 2.75. The highest BCUT2D eigenvalue weighted by Gasteiger charge is 2.22. The van der Waals surface area contributed by atoms with E-state index in [1.165, 1.54) is 25.1 Å². The molecule has 0 aliphatic heterocycles.